The van der Waals surface area contributed by atoms with Crippen molar-refractivity contribution < 1.29 is 43.4 Å². The smallest absolute Gasteiger partial charge is 0.395 e. The Balaban J connectivity index is 1.60. The molecule has 3 fully saturated rings. The summed E-state index contributed by atoms with van der Waals surface area (Å²) in [5.74, 6) is -2.11. The van der Waals surface area contributed by atoms with Gasteiger partial charge in [0.05, 0.1) is 11.5 Å². The number of fused-ring (bicyclic) bond motifs is 6. The SMILES string of the molecule is C[C@@]12C(=CC(=O)C3=C1OP(=O)(O)O3)CC[C@@H]1[C@@H]2[C@@H](O)C[C@@]2(C)[C@H]1CC[C@]2(O)C(=O)CO. The summed E-state index contributed by atoms with van der Waals surface area (Å²) < 4.78 is 22.4. The number of phosphoric acid groups is 1. The van der Waals surface area contributed by atoms with Crippen molar-refractivity contribution in [2.75, 3.05) is 6.61 Å². The zero-order valence-electron chi connectivity index (χ0n) is 17.4. The van der Waals surface area contributed by atoms with E-state index in [1.54, 1.807) is 13.8 Å². The van der Waals surface area contributed by atoms with Crippen LogP contribution in [0.1, 0.15) is 46.0 Å². The van der Waals surface area contributed by atoms with Gasteiger partial charge in [0.25, 0.3) is 0 Å². The quantitative estimate of drug-likeness (QED) is 0.454. The van der Waals surface area contributed by atoms with Gasteiger partial charge in [0.15, 0.2) is 11.5 Å². The molecular weight excluding hydrogens is 427 g/mol. The molecule has 3 saturated carbocycles. The normalized spacial score (nSPS) is 50.5. The van der Waals surface area contributed by atoms with E-state index in [0.29, 0.717) is 19.3 Å². The highest BCUT2D eigenvalue weighted by Crippen LogP contribution is 2.71. The molecular formula is C21H27O9P. The fourth-order valence-corrected chi connectivity index (χ4v) is 8.46. The summed E-state index contributed by atoms with van der Waals surface area (Å²) in [7, 11) is -4.45. The van der Waals surface area contributed by atoms with Crippen molar-refractivity contribution in [2.45, 2.75) is 57.7 Å². The zero-order valence-corrected chi connectivity index (χ0v) is 18.3. The topological polar surface area (TPSA) is 151 Å². The molecule has 5 aliphatic rings. The lowest BCUT2D eigenvalue weighted by atomic mass is 9.45. The largest absolute Gasteiger partial charge is 0.585 e. The van der Waals surface area contributed by atoms with Crippen LogP contribution >= 0.6 is 7.82 Å². The Bertz CT molecular complexity index is 1000. The summed E-state index contributed by atoms with van der Waals surface area (Å²) in [4.78, 5) is 34.9. The van der Waals surface area contributed by atoms with Crippen LogP contribution in [0.2, 0.25) is 0 Å². The first kappa shape index (κ1) is 21.3. The van der Waals surface area contributed by atoms with Gasteiger partial charge in [-0.2, -0.15) is 0 Å². The van der Waals surface area contributed by atoms with Crippen molar-refractivity contribution in [2.24, 2.45) is 28.6 Å². The second-order valence-electron chi connectivity index (χ2n) is 10.0. The first-order valence-corrected chi connectivity index (χ1v) is 12.2. The number of carbonyl (C=O) groups is 2. The van der Waals surface area contributed by atoms with Crippen molar-refractivity contribution >= 4 is 19.4 Å². The van der Waals surface area contributed by atoms with Gasteiger partial charge in [-0.05, 0) is 56.9 Å². The van der Waals surface area contributed by atoms with Crippen LogP contribution < -0.4 is 0 Å². The first-order valence-electron chi connectivity index (χ1n) is 10.7. The lowest BCUT2D eigenvalue weighted by molar-refractivity contribution is -0.180. The van der Waals surface area contributed by atoms with E-state index in [4.69, 9.17) is 9.05 Å². The Morgan fingerprint density at radius 3 is 2.68 bits per heavy atom. The molecule has 0 saturated heterocycles. The molecule has 0 aromatic carbocycles. The average Bonchev–Trinajstić information content (AvgIpc) is 3.17. The average molecular weight is 454 g/mol. The van der Waals surface area contributed by atoms with E-state index in [1.165, 1.54) is 6.08 Å². The summed E-state index contributed by atoms with van der Waals surface area (Å²) in [6.45, 7) is 2.85. The number of aliphatic hydroxyl groups is 3. The summed E-state index contributed by atoms with van der Waals surface area (Å²) >= 11 is 0. The Morgan fingerprint density at radius 2 is 2.00 bits per heavy atom. The fraction of sp³-hybridized carbons (Fsp3) is 0.714. The van der Waals surface area contributed by atoms with Crippen molar-refractivity contribution in [3.8, 4) is 0 Å². The van der Waals surface area contributed by atoms with Crippen LogP contribution in [0.5, 0.6) is 0 Å². The maximum absolute atomic E-state index is 12.5. The molecule has 9 nitrogen and oxygen atoms in total. The summed E-state index contributed by atoms with van der Waals surface area (Å²) in [5, 5.41) is 32.1. The second kappa shape index (κ2) is 6.29. The number of allylic oxidation sites excluding steroid dienone is 2. The first-order chi connectivity index (χ1) is 14.4. The monoisotopic (exact) mass is 454 g/mol. The predicted molar refractivity (Wildman–Crippen MR) is 105 cm³/mol. The minimum atomic E-state index is -4.45. The number of phosphoric ester groups is 1. The van der Waals surface area contributed by atoms with Crippen LogP contribution in [0.4, 0.5) is 0 Å². The maximum atomic E-state index is 12.5. The van der Waals surface area contributed by atoms with E-state index < -0.39 is 54.4 Å². The Morgan fingerprint density at radius 1 is 1.29 bits per heavy atom. The lowest BCUT2D eigenvalue weighted by Gasteiger charge is -2.59. The van der Waals surface area contributed by atoms with E-state index in [0.717, 1.165) is 5.57 Å². The van der Waals surface area contributed by atoms with Crippen LogP contribution in [-0.2, 0) is 23.2 Å². The molecule has 10 heteroatoms. The Kier molecular flexibility index (Phi) is 4.33. The van der Waals surface area contributed by atoms with Crippen LogP contribution in [0, 0.1) is 28.6 Å². The number of ketones is 2. The van der Waals surface area contributed by atoms with Gasteiger partial charge in [-0.1, -0.05) is 12.5 Å². The van der Waals surface area contributed by atoms with Crippen LogP contribution in [0.3, 0.4) is 0 Å². The van der Waals surface area contributed by atoms with E-state index in [2.05, 4.69) is 0 Å². The Labute approximate surface area is 179 Å². The van der Waals surface area contributed by atoms with Crippen molar-refractivity contribution in [1.82, 2.24) is 0 Å². The number of hydrogen-bond donors (Lipinski definition) is 4. The predicted octanol–water partition coefficient (Wildman–Crippen LogP) is 1.36. The molecule has 0 radical (unpaired) electrons. The standard InChI is InChI=1S/C21H27O9P/c1-19-8-14(24)16-11(12(19)5-6-21(19,26)15(25)9-22)4-3-10-7-13(23)17-18(20(10,16)2)30-31(27,28)29-17/h7,11-12,14,16,22,24,26H,3-6,8-9H2,1-2H3,(H,27,28)/t11-,12-,14-,16+,19-,20-,21-/m0/s1. The third-order valence-electron chi connectivity index (χ3n) is 8.91. The van der Waals surface area contributed by atoms with Gasteiger partial charge in [0.2, 0.25) is 11.5 Å². The molecule has 4 aliphatic carbocycles. The van der Waals surface area contributed by atoms with Crippen molar-refractivity contribution in [3.63, 3.8) is 0 Å². The summed E-state index contributed by atoms with van der Waals surface area (Å²) in [5.41, 5.74) is -2.91. The van der Waals surface area contributed by atoms with Gasteiger partial charge in [-0.25, -0.2) is 4.57 Å². The van der Waals surface area contributed by atoms with E-state index in [-0.39, 0.29) is 36.2 Å². The fourth-order valence-electron chi connectivity index (χ4n) is 7.52. The van der Waals surface area contributed by atoms with Gasteiger partial charge in [-0.15, -0.1) is 0 Å². The molecule has 4 N–H and O–H groups in total. The van der Waals surface area contributed by atoms with Crippen LogP contribution in [0.25, 0.3) is 0 Å². The summed E-state index contributed by atoms with van der Waals surface area (Å²) in [6, 6.07) is 0. The minimum Gasteiger partial charge on any atom is -0.395 e. The highest BCUT2D eigenvalue weighted by molar-refractivity contribution is 7.48. The maximum Gasteiger partial charge on any atom is 0.585 e. The number of rotatable bonds is 2. The molecule has 0 aromatic heterocycles. The van der Waals surface area contributed by atoms with Gasteiger partial charge in [0.1, 0.15) is 12.2 Å². The van der Waals surface area contributed by atoms with Gasteiger partial charge < -0.3 is 24.4 Å². The molecule has 0 bridgehead atoms. The van der Waals surface area contributed by atoms with Gasteiger partial charge in [-0.3, -0.25) is 14.5 Å². The van der Waals surface area contributed by atoms with Crippen molar-refractivity contribution in [3.05, 3.63) is 23.2 Å². The van der Waals surface area contributed by atoms with Crippen LogP contribution in [0.15, 0.2) is 23.2 Å². The third-order valence-corrected chi connectivity index (χ3v) is 9.74. The van der Waals surface area contributed by atoms with Gasteiger partial charge >= 0.3 is 7.82 Å². The van der Waals surface area contributed by atoms with Crippen LogP contribution in [-0.4, -0.2) is 50.1 Å². The summed E-state index contributed by atoms with van der Waals surface area (Å²) in [6.07, 6.45) is 2.50. The van der Waals surface area contributed by atoms with E-state index in [9.17, 15) is 34.4 Å². The molecule has 170 valence electrons. The Hall–Kier alpha value is -1.51. The molecule has 1 aliphatic heterocycles. The van der Waals surface area contributed by atoms with Gasteiger partial charge in [0, 0.05) is 11.3 Å². The molecule has 8 atom stereocenters. The number of carbonyl (C=O) groups excluding carboxylic acids is 2. The molecule has 5 rings (SSSR count). The van der Waals surface area contributed by atoms with Crippen molar-refractivity contribution in [1.29, 1.82) is 0 Å². The molecule has 0 spiro atoms. The zero-order chi connectivity index (χ0) is 22.6. The minimum absolute atomic E-state index is 0.00196. The molecule has 0 amide bonds. The van der Waals surface area contributed by atoms with E-state index in [1.807, 2.05) is 0 Å². The lowest BCUT2D eigenvalue weighted by Crippen LogP contribution is -2.62. The molecule has 1 heterocycles. The number of aliphatic hydroxyl groups excluding tert-OH is 2. The number of Topliss-reactive ketones (excluding diaryl/α,β-unsaturated/α-hetero) is 1. The third kappa shape index (κ3) is 2.50. The number of hydrogen-bond acceptors (Lipinski definition) is 8. The highest BCUT2D eigenvalue weighted by Gasteiger charge is 2.70. The molecule has 0 aromatic rings. The van der Waals surface area contributed by atoms with E-state index >= 15 is 0 Å². The highest BCUT2D eigenvalue weighted by atomic mass is 31.2. The molecule has 1 unspecified atom stereocenters. The molecule has 31 heavy (non-hydrogen) atoms. The second-order valence-corrected chi connectivity index (χ2v) is 11.4.